The fraction of sp³-hybridized carbons (Fsp3) is 0.533. The first-order valence-electron chi connectivity index (χ1n) is 6.92. The summed E-state index contributed by atoms with van der Waals surface area (Å²) < 4.78 is 19.6. The average Bonchev–Trinajstić information content (AvgIpc) is 2.38. The molecule has 1 aliphatic rings. The summed E-state index contributed by atoms with van der Waals surface area (Å²) in [6.07, 6.45) is 2.92. The van der Waals surface area contributed by atoms with Crippen LogP contribution < -0.4 is 5.32 Å². The lowest BCUT2D eigenvalue weighted by Crippen LogP contribution is -2.32. The Bertz CT molecular complexity index is 441. The van der Waals surface area contributed by atoms with Crippen LogP contribution in [0.4, 0.5) is 4.39 Å². The first-order chi connectivity index (χ1) is 9.63. The van der Waals surface area contributed by atoms with Gasteiger partial charge in [0.15, 0.2) is 0 Å². The molecule has 1 saturated heterocycles. The SMILES string of the molecule is O=C(CCOC1CCNCC1)Cc1cc(F)cc(Br)c1. The maximum absolute atomic E-state index is 13.2. The van der Waals surface area contributed by atoms with Gasteiger partial charge in [-0.3, -0.25) is 4.79 Å². The van der Waals surface area contributed by atoms with Gasteiger partial charge in [0.05, 0.1) is 12.7 Å². The second-order valence-corrected chi connectivity index (χ2v) is 5.98. The summed E-state index contributed by atoms with van der Waals surface area (Å²) in [7, 11) is 0. The molecule has 0 bridgehead atoms. The van der Waals surface area contributed by atoms with Crippen molar-refractivity contribution in [2.75, 3.05) is 19.7 Å². The van der Waals surface area contributed by atoms with E-state index in [4.69, 9.17) is 4.74 Å². The number of hydrogen-bond acceptors (Lipinski definition) is 3. The molecule has 0 radical (unpaired) electrons. The molecule has 5 heteroatoms. The Morgan fingerprint density at radius 2 is 2.10 bits per heavy atom. The first-order valence-corrected chi connectivity index (χ1v) is 7.72. The van der Waals surface area contributed by atoms with Crippen molar-refractivity contribution in [2.24, 2.45) is 0 Å². The van der Waals surface area contributed by atoms with Gasteiger partial charge in [0.25, 0.3) is 0 Å². The van der Waals surface area contributed by atoms with E-state index in [9.17, 15) is 9.18 Å². The Morgan fingerprint density at radius 3 is 2.80 bits per heavy atom. The van der Waals surface area contributed by atoms with Gasteiger partial charge in [0, 0.05) is 17.3 Å². The highest BCUT2D eigenvalue weighted by Gasteiger charge is 2.14. The molecule has 1 aromatic carbocycles. The summed E-state index contributed by atoms with van der Waals surface area (Å²) in [6, 6.07) is 4.55. The molecule has 1 heterocycles. The molecule has 3 nitrogen and oxygen atoms in total. The second kappa shape index (κ2) is 7.86. The van der Waals surface area contributed by atoms with Crippen molar-refractivity contribution in [1.29, 1.82) is 0 Å². The summed E-state index contributed by atoms with van der Waals surface area (Å²) in [5, 5.41) is 3.27. The number of halogens is 2. The van der Waals surface area contributed by atoms with Gasteiger partial charge in [-0.25, -0.2) is 4.39 Å². The molecule has 110 valence electrons. The van der Waals surface area contributed by atoms with Crippen molar-refractivity contribution in [3.05, 3.63) is 34.1 Å². The van der Waals surface area contributed by atoms with Crippen molar-refractivity contribution in [2.45, 2.75) is 31.8 Å². The Kier molecular flexibility index (Phi) is 6.13. The summed E-state index contributed by atoms with van der Waals surface area (Å²) in [4.78, 5) is 11.8. The third-order valence-electron chi connectivity index (χ3n) is 3.34. The minimum absolute atomic E-state index is 0.0800. The number of carbonyl (C=O) groups excluding carboxylic acids is 1. The first kappa shape index (κ1) is 15.6. The van der Waals surface area contributed by atoms with Crippen LogP contribution in [0, 0.1) is 5.82 Å². The van der Waals surface area contributed by atoms with Crippen LogP contribution in [-0.4, -0.2) is 31.6 Å². The van der Waals surface area contributed by atoms with E-state index in [0.29, 0.717) is 23.1 Å². The smallest absolute Gasteiger partial charge is 0.139 e. The number of piperidine rings is 1. The maximum atomic E-state index is 13.2. The summed E-state index contributed by atoms with van der Waals surface area (Å²) in [6.45, 7) is 2.42. The highest BCUT2D eigenvalue weighted by Crippen LogP contribution is 2.16. The molecule has 0 aromatic heterocycles. The standard InChI is InChI=1S/C15H19BrFNO2/c16-12-7-11(8-13(17)10-12)9-14(19)3-6-20-15-1-4-18-5-2-15/h7-8,10,15,18H,1-6,9H2. The van der Waals surface area contributed by atoms with Crippen LogP contribution in [0.15, 0.2) is 22.7 Å². The quantitative estimate of drug-likeness (QED) is 0.863. The molecule has 1 aliphatic heterocycles. The van der Waals surface area contributed by atoms with Crippen LogP contribution in [0.1, 0.15) is 24.8 Å². The third-order valence-corrected chi connectivity index (χ3v) is 3.80. The van der Waals surface area contributed by atoms with Crippen LogP contribution >= 0.6 is 15.9 Å². The molecular formula is C15H19BrFNO2. The number of Topliss-reactive ketones (excluding diaryl/α,β-unsaturated/α-hetero) is 1. The van der Waals surface area contributed by atoms with E-state index in [-0.39, 0.29) is 24.1 Å². The number of rotatable bonds is 6. The van der Waals surface area contributed by atoms with Crippen LogP contribution in [0.5, 0.6) is 0 Å². The third kappa shape index (κ3) is 5.31. The molecule has 0 saturated carbocycles. The lowest BCUT2D eigenvalue weighted by Gasteiger charge is -2.22. The highest BCUT2D eigenvalue weighted by atomic mass is 79.9. The monoisotopic (exact) mass is 343 g/mol. The van der Waals surface area contributed by atoms with Crippen LogP contribution in [0.3, 0.4) is 0 Å². The number of benzene rings is 1. The highest BCUT2D eigenvalue weighted by molar-refractivity contribution is 9.10. The van der Waals surface area contributed by atoms with Gasteiger partial charge in [-0.05, 0) is 49.7 Å². The number of nitrogens with one attached hydrogen (secondary N) is 1. The second-order valence-electron chi connectivity index (χ2n) is 5.06. The van der Waals surface area contributed by atoms with Crippen LogP contribution in [-0.2, 0) is 16.0 Å². The predicted octanol–water partition coefficient (Wildman–Crippen LogP) is 2.86. The Balaban J connectivity index is 1.72. The number of carbonyl (C=O) groups is 1. The van der Waals surface area contributed by atoms with Crippen molar-refractivity contribution in [1.82, 2.24) is 5.32 Å². The average molecular weight is 344 g/mol. The van der Waals surface area contributed by atoms with E-state index < -0.39 is 0 Å². The molecule has 0 unspecified atom stereocenters. The van der Waals surface area contributed by atoms with Crippen molar-refractivity contribution < 1.29 is 13.9 Å². The van der Waals surface area contributed by atoms with Gasteiger partial charge in [-0.2, -0.15) is 0 Å². The molecule has 2 rings (SSSR count). The van der Waals surface area contributed by atoms with Crippen molar-refractivity contribution >= 4 is 21.7 Å². The topological polar surface area (TPSA) is 38.3 Å². The molecule has 0 amide bonds. The predicted molar refractivity (Wildman–Crippen MR) is 79.3 cm³/mol. The van der Waals surface area contributed by atoms with E-state index in [1.807, 2.05) is 0 Å². The zero-order valence-electron chi connectivity index (χ0n) is 11.3. The van der Waals surface area contributed by atoms with Gasteiger partial charge in [0.1, 0.15) is 11.6 Å². The Morgan fingerprint density at radius 1 is 1.35 bits per heavy atom. The molecule has 20 heavy (non-hydrogen) atoms. The summed E-state index contributed by atoms with van der Waals surface area (Å²) in [5.74, 6) is -0.246. The van der Waals surface area contributed by atoms with E-state index >= 15 is 0 Å². The van der Waals surface area contributed by atoms with Crippen molar-refractivity contribution in [3.63, 3.8) is 0 Å². The zero-order valence-corrected chi connectivity index (χ0v) is 12.9. The molecule has 0 atom stereocenters. The van der Waals surface area contributed by atoms with E-state index in [0.717, 1.165) is 25.9 Å². The minimum atomic E-state index is -0.326. The van der Waals surface area contributed by atoms with Gasteiger partial charge in [-0.15, -0.1) is 0 Å². The van der Waals surface area contributed by atoms with Gasteiger partial charge in [-0.1, -0.05) is 15.9 Å². The van der Waals surface area contributed by atoms with E-state index in [2.05, 4.69) is 21.2 Å². The maximum Gasteiger partial charge on any atom is 0.139 e. The van der Waals surface area contributed by atoms with Gasteiger partial charge in [0.2, 0.25) is 0 Å². The fourth-order valence-electron chi connectivity index (χ4n) is 2.33. The van der Waals surface area contributed by atoms with Gasteiger partial charge >= 0.3 is 0 Å². The Hall–Kier alpha value is -0.780. The molecule has 0 aliphatic carbocycles. The summed E-state index contributed by atoms with van der Waals surface area (Å²) >= 11 is 3.23. The van der Waals surface area contributed by atoms with Crippen LogP contribution in [0.2, 0.25) is 0 Å². The number of ketones is 1. The normalized spacial score (nSPS) is 16.3. The molecule has 0 spiro atoms. The molecule has 1 aromatic rings. The summed E-state index contributed by atoms with van der Waals surface area (Å²) in [5.41, 5.74) is 0.698. The minimum Gasteiger partial charge on any atom is -0.378 e. The zero-order chi connectivity index (χ0) is 14.4. The molecule has 1 N–H and O–H groups in total. The lowest BCUT2D eigenvalue weighted by atomic mass is 10.1. The van der Waals surface area contributed by atoms with E-state index in [1.54, 1.807) is 6.07 Å². The van der Waals surface area contributed by atoms with E-state index in [1.165, 1.54) is 12.1 Å². The van der Waals surface area contributed by atoms with Gasteiger partial charge < -0.3 is 10.1 Å². The largest absolute Gasteiger partial charge is 0.378 e. The molecular weight excluding hydrogens is 325 g/mol. The Labute approximate surface area is 127 Å². The number of hydrogen-bond donors (Lipinski definition) is 1. The van der Waals surface area contributed by atoms with Crippen LogP contribution in [0.25, 0.3) is 0 Å². The number of ether oxygens (including phenoxy) is 1. The fourth-order valence-corrected chi connectivity index (χ4v) is 2.84. The lowest BCUT2D eigenvalue weighted by molar-refractivity contribution is -0.120. The molecule has 1 fully saturated rings. The van der Waals surface area contributed by atoms with Crippen molar-refractivity contribution in [3.8, 4) is 0 Å².